The second-order valence-corrected chi connectivity index (χ2v) is 7.52. The van der Waals surface area contributed by atoms with Gasteiger partial charge < -0.3 is 0 Å². The normalized spacial score (nSPS) is 11.1. The Balaban J connectivity index is 1.88. The first-order chi connectivity index (χ1) is 13.3. The molecule has 0 saturated heterocycles. The molecule has 1 aromatic heterocycles. The van der Waals surface area contributed by atoms with Crippen LogP contribution >= 0.6 is 15.9 Å². The highest BCUT2D eigenvalue weighted by atomic mass is 79.9. The van der Waals surface area contributed by atoms with E-state index in [1.165, 1.54) is 27.3 Å². The van der Waals surface area contributed by atoms with Crippen molar-refractivity contribution in [1.29, 1.82) is 0 Å². The maximum Gasteiger partial charge on any atom is 0.0722 e. The molecule has 0 aliphatic carbocycles. The Labute approximate surface area is 166 Å². The molecular weight excluding hydrogens is 394 g/mol. The van der Waals surface area contributed by atoms with Crippen molar-refractivity contribution in [3.8, 4) is 22.4 Å². The van der Waals surface area contributed by atoms with E-state index in [0.717, 1.165) is 21.2 Å². The van der Waals surface area contributed by atoms with Crippen molar-refractivity contribution < 1.29 is 0 Å². The van der Waals surface area contributed by atoms with Gasteiger partial charge in [-0.3, -0.25) is 0 Å². The van der Waals surface area contributed by atoms with Gasteiger partial charge in [0.15, 0.2) is 0 Å². The van der Waals surface area contributed by atoms with E-state index in [0.29, 0.717) is 0 Å². The minimum absolute atomic E-state index is 0.990. The number of pyridine rings is 1. The van der Waals surface area contributed by atoms with E-state index in [9.17, 15) is 0 Å². The molecule has 0 amide bonds. The highest BCUT2D eigenvalue weighted by Crippen LogP contribution is 2.36. The van der Waals surface area contributed by atoms with E-state index in [1.54, 1.807) is 0 Å². The van der Waals surface area contributed by atoms with Gasteiger partial charge in [0.1, 0.15) is 0 Å². The largest absolute Gasteiger partial charge is 0.248 e. The molecule has 0 bridgehead atoms. The van der Waals surface area contributed by atoms with Crippen molar-refractivity contribution in [2.24, 2.45) is 0 Å². The number of benzene rings is 4. The third-order valence-electron chi connectivity index (χ3n) is 4.92. The molecular formula is C25H16BrN. The molecule has 0 spiro atoms. The SMILES string of the molecule is Brc1ccc(-c2cc(-c3ccccc3)c3c(ccc4ccccc43)n2)cc1. The molecule has 2 heteroatoms. The topological polar surface area (TPSA) is 12.9 Å². The highest BCUT2D eigenvalue weighted by molar-refractivity contribution is 9.10. The monoisotopic (exact) mass is 409 g/mol. The van der Waals surface area contributed by atoms with Crippen LogP contribution in [0, 0.1) is 0 Å². The molecule has 27 heavy (non-hydrogen) atoms. The summed E-state index contributed by atoms with van der Waals surface area (Å²) in [6, 6.07) is 33.9. The molecule has 0 unspecified atom stereocenters. The summed E-state index contributed by atoms with van der Waals surface area (Å²) < 4.78 is 1.07. The molecule has 0 N–H and O–H groups in total. The molecule has 0 radical (unpaired) electrons. The molecule has 4 aromatic carbocycles. The van der Waals surface area contributed by atoms with Gasteiger partial charge in [0, 0.05) is 15.4 Å². The quantitative estimate of drug-likeness (QED) is 0.275. The van der Waals surface area contributed by atoms with Gasteiger partial charge in [-0.05, 0) is 46.2 Å². The number of halogens is 1. The Morgan fingerprint density at radius 2 is 1.37 bits per heavy atom. The van der Waals surface area contributed by atoms with Crippen LogP contribution in [0.3, 0.4) is 0 Å². The van der Waals surface area contributed by atoms with E-state index in [2.05, 4.69) is 113 Å². The summed E-state index contributed by atoms with van der Waals surface area (Å²) in [4.78, 5) is 5.00. The lowest BCUT2D eigenvalue weighted by molar-refractivity contribution is 1.40. The summed E-state index contributed by atoms with van der Waals surface area (Å²) in [7, 11) is 0. The molecule has 1 heterocycles. The van der Waals surface area contributed by atoms with Crippen molar-refractivity contribution in [3.63, 3.8) is 0 Å². The van der Waals surface area contributed by atoms with Gasteiger partial charge in [0.2, 0.25) is 0 Å². The van der Waals surface area contributed by atoms with Gasteiger partial charge in [-0.25, -0.2) is 4.98 Å². The molecule has 5 aromatic rings. The van der Waals surface area contributed by atoms with Gasteiger partial charge >= 0.3 is 0 Å². The molecule has 0 atom stereocenters. The van der Waals surface area contributed by atoms with Gasteiger partial charge in [-0.2, -0.15) is 0 Å². The second kappa shape index (κ2) is 6.64. The maximum absolute atomic E-state index is 5.00. The van der Waals surface area contributed by atoms with Crippen LogP contribution in [0.25, 0.3) is 44.1 Å². The minimum Gasteiger partial charge on any atom is -0.248 e. The molecule has 5 rings (SSSR count). The van der Waals surface area contributed by atoms with E-state index in [1.807, 2.05) is 0 Å². The lowest BCUT2D eigenvalue weighted by Crippen LogP contribution is -1.91. The van der Waals surface area contributed by atoms with Gasteiger partial charge in [-0.15, -0.1) is 0 Å². The standard InChI is InChI=1S/C25H16BrN/c26-20-13-10-19(11-14-20)24-16-22(17-6-2-1-3-7-17)25-21-9-5-4-8-18(21)12-15-23(25)27-24/h1-16H. The van der Waals surface area contributed by atoms with E-state index in [4.69, 9.17) is 4.98 Å². The number of fused-ring (bicyclic) bond motifs is 3. The van der Waals surface area contributed by atoms with Crippen LogP contribution in [-0.4, -0.2) is 4.98 Å². The lowest BCUT2D eigenvalue weighted by Gasteiger charge is -2.13. The first kappa shape index (κ1) is 16.2. The number of aromatic nitrogens is 1. The Hall–Kier alpha value is -2.97. The summed E-state index contributed by atoms with van der Waals surface area (Å²) in [5.41, 5.74) is 5.55. The zero-order chi connectivity index (χ0) is 18.2. The predicted molar refractivity (Wildman–Crippen MR) is 118 cm³/mol. The zero-order valence-corrected chi connectivity index (χ0v) is 16.1. The molecule has 128 valence electrons. The average Bonchev–Trinajstić information content (AvgIpc) is 2.74. The fourth-order valence-corrected chi connectivity index (χ4v) is 3.89. The second-order valence-electron chi connectivity index (χ2n) is 6.61. The number of nitrogens with zero attached hydrogens (tertiary/aromatic N) is 1. The summed E-state index contributed by atoms with van der Waals surface area (Å²) in [6.45, 7) is 0. The molecule has 0 saturated carbocycles. The van der Waals surface area contributed by atoms with E-state index >= 15 is 0 Å². The fourth-order valence-electron chi connectivity index (χ4n) is 3.62. The molecule has 0 aliphatic heterocycles. The summed E-state index contributed by atoms with van der Waals surface area (Å²) in [6.07, 6.45) is 0. The Morgan fingerprint density at radius 3 is 2.19 bits per heavy atom. The van der Waals surface area contributed by atoms with Gasteiger partial charge in [0.05, 0.1) is 11.2 Å². The highest BCUT2D eigenvalue weighted by Gasteiger charge is 2.12. The number of rotatable bonds is 2. The summed E-state index contributed by atoms with van der Waals surface area (Å²) in [5, 5.41) is 3.68. The first-order valence-corrected chi connectivity index (χ1v) is 9.73. The average molecular weight is 410 g/mol. The Bertz CT molecular complexity index is 1260. The third kappa shape index (κ3) is 2.92. The lowest BCUT2D eigenvalue weighted by atomic mass is 9.94. The minimum atomic E-state index is 0.990. The Kier molecular flexibility index (Phi) is 3.99. The maximum atomic E-state index is 5.00. The van der Waals surface area contributed by atoms with Crippen molar-refractivity contribution in [2.45, 2.75) is 0 Å². The third-order valence-corrected chi connectivity index (χ3v) is 5.45. The molecule has 1 nitrogen and oxygen atoms in total. The van der Waals surface area contributed by atoms with Crippen LogP contribution in [0.5, 0.6) is 0 Å². The van der Waals surface area contributed by atoms with Crippen LogP contribution in [0.15, 0.2) is 102 Å². The predicted octanol–water partition coefficient (Wildman–Crippen LogP) is 7.48. The van der Waals surface area contributed by atoms with Crippen LogP contribution < -0.4 is 0 Å². The molecule has 0 aliphatic rings. The Morgan fingerprint density at radius 1 is 0.630 bits per heavy atom. The zero-order valence-electron chi connectivity index (χ0n) is 14.6. The summed E-state index contributed by atoms with van der Waals surface area (Å²) >= 11 is 3.52. The summed E-state index contributed by atoms with van der Waals surface area (Å²) in [5.74, 6) is 0. The smallest absolute Gasteiger partial charge is 0.0722 e. The first-order valence-electron chi connectivity index (χ1n) is 8.93. The van der Waals surface area contributed by atoms with Gasteiger partial charge in [-0.1, -0.05) is 88.7 Å². The number of hydrogen-bond acceptors (Lipinski definition) is 1. The number of hydrogen-bond donors (Lipinski definition) is 0. The van der Waals surface area contributed by atoms with E-state index in [-0.39, 0.29) is 0 Å². The fraction of sp³-hybridized carbons (Fsp3) is 0. The van der Waals surface area contributed by atoms with Crippen LogP contribution in [-0.2, 0) is 0 Å². The van der Waals surface area contributed by atoms with Gasteiger partial charge in [0.25, 0.3) is 0 Å². The van der Waals surface area contributed by atoms with Crippen LogP contribution in [0.4, 0.5) is 0 Å². The van der Waals surface area contributed by atoms with E-state index < -0.39 is 0 Å². The van der Waals surface area contributed by atoms with Crippen LogP contribution in [0.2, 0.25) is 0 Å². The van der Waals surface area contributed by atoms with Crippen molar-refractivity contribution in [3.05, 3.63) is 102 Å². The van der Waals surface area contributed by atoms with Crippen molar-refractivity contribution >= 4 is 37.6 Å². The van der Waals surface area contributed by atoms with Crippen molar-refractivity contribution in [1.82, 2.24) is 4.98 Å². The molecule has 0 fully saturated rings. The van der Waals surface area contributed by atoms with Crippen LogP contribution in [0.1, 0.15) is 0 Å². The van der Waals surface area contributed by atoms with Crippen molar-refractivity contribution in [2.75, 3.05) is 0 Å².